The van der Waals surface area contributed by atoms with Crippen molar-refractivity contribution in [3.05, 3.63) is 47.4 Å². The summed E-state index contributed by atoms with van der Waals surface area (Å²) >= 11 is 2.95. The first-order chi connectivity index (χ1) is 9.72. The zero-order chi connectivity index (χ0) is 13.9. The Morgan fingerprint density at radius 3 is 2.75 bits per heavy atom. The number of anilines is 1. The van der Waals surface area contributed by atoms with Gasteiger partial charge in [0.05, 0.1) is 16.3 Å². The maximum Gasteiger partial charge on any atom is 0.260 e. The monoisotopic (exact) mass is 307 g/mol. The Bertz CT molecular complexity index is 708. The summed E-state index contributed by atoms with van der Waals surface area (Å²) in [4.78, 5) is 5.25. The molecule has 0 amide bonds. The summed E-state index contributed by atoms with van der Waals surface area (Å²) in [6, 6.07) is 8.15. The quantitative estimate of drug-likeness (QED) is 0.742. The van der Waals surface area contributed by atoms with E-state index in [1.54, 1.807) is 12.1 Å². The highest BCUT2D eigenvalue weighted by molar-refractivity contribution is 7.98. The summed E-state index contributed by atoms with van der Waals surface area (Å²) in [6.45, 7) is 0. The van der Waals surface area contributed by atoms with Crippen LogP contribution in [0.3, 0.4) is 0 Å². The van der Waals surface area contributed by atoms with Gasteiger partial charge < -0.3 is 10.3 Å². The molecule has 2 heterocycles. The molecule has 0 unspecified atom stereocenters. The highest BCUT2D eigenvalue weighted by atomic mass is 32.2. The Labute approximate surface area is 122 Å². The van der Waals surface area contributed by atoms with Gasteiger partial charge in [0, 0.05) is 4.90 Å². The molecule has 0 spiro atoms. The van der Waals surface area contributed by atoms with Gasteiger partial charge in [0.15, 0.2) is 5.82 Å². The lowest BCUT2D eigenvalue weighted by Gasteiger charge is -1.97. The fourth-order valence-electron chi connectivity index (χ4n) is 1.60. The zero-order valence-electron chi connectivity index (χ0n) is 10.2. The average molecular weight is 307 g/mol. The minimum absolute atomic E-state index is 0.246. The van der Waals surface area contributed by atoms with E-state index in [0.717, 1.165) is 10.5 Å². The van der Waals surface area contributed by atoms with Gasteiger partial charge in [0.25, 0.3) is 5.89 Å². The fraction of sp³-hybridized carbons (Fsp3) is 0.0769. The van der Waals surface area contributed by atoms with Gasteiger partial charge in [-0.1, -0.05) is 5.16 Å². The van der Waals surface area contributed by atoms with Crippen molar-refractivity contribution in [1.29, 1.82) is 0 Å². The van der Waals surface area contributed by atoms with Crippen molar-refractivity contribution in [2.24, 2.45) is 0 Å². The molecular formula is C13H10FN3OS2. The second-order valence-corrected chi connectivity index (χ2v) is 5.95. The Kier molecular flexibility index (Phi) is 3.70. The van der Waals surface area contributed by atoms with Crippen molar-refractivity contribution in [1.82, 2.24) is 10.1 Å². The lowest BCUT2D eigenvalue weighted by Crippen LogP contribution is -1.86. The van der Waals surface area contributed by atoms with Crippen molar-refractivity contribution in [3.63, 3.8) is 0 Å². The molecule has 3 rings (SSSR count). The summed E-state index contributed by atoms with van der Waals surface area (Å²) in [5.41, 5.74) is 6.58. The molecule has 4 nitrogen and oxygen atoms in total. The van der Waals surface area contributed by atoms with Gasteiger partial charge in [0.2, 0.25) is 0 Å². The zero-order valence-corrected chi connectivity index (χ0v) is 11.9. The number of nitrogens with zero attached hydrogens (tertiary/aromatic N) is 2. The lowest BCUT2D eigenvalue weighted by molar-refractivity contribution is 0.425. The molecule has 0 saturated heterocycles. The van der Waals surface area contributed by atoms with Crippen LogP contribution in [0, 0.1) is 5.82 Å². The van der Waals surface area contributed by atoms with E-state index in [1.165, 1.54) is 35.2 Å². The molecule has 0 radical (unpaired) electrons. The maximum atomic E-state index is 12.8. The molecule has 7 heteroatoms. The molecule has 0 bridgehead atoms. The van der Waals surface area contributed by atoms with Crippen molar-refractivity contribution < 1.29 is 8.91 Å². The molecule has 0 fully saturated rings. The van der Waals surface area contributed by atoms with Crippen LogP contribution in [0.5, 0.6) is 0 Å². The number of halogens is 1. The number of hydrogen-bond acceptors (Lipinski definition) is 6. The Morgan fingerprint density at radius 1 is 1.25 bits per heavy atom. The van der Waals surface area contributed by atoms with Crippen LogP contribution in [-0.2, 0) is 5.75 Å². The lowest BCUT2D eigenvalue weighted by atomic mass is 10.3. The van der Waals surface area contributed by atoms with E-state index in [0.29, 0.717) is 22.5 Å². The number of aromatic nitrogens is 2. The second kappa shape index (κ2) is 5.64. The minimum Gasteiger partial charge on any atom is -0.390 e. The third-order valence-corrected chi connectivity index (χ3v) is 4.33. The van der Waals surface area contributed by atoms with E-state index in [-0.39, 0.29) is 5.82 Å². The van der Waals surface area contributed by atoms with E-state index in [1.807, 2.05) is 11.4 Å². The molecular weight excluding hydrogens is 297 g/mol. The van der Waals surface area contributed by atoms with Crippen molar-refractivity contribution in [2.45, 2.75) is 10.6 Å². The molecule has 0 aliphatic carbocycles. The van der Waals surface area contributed by atoms with Gasteiger partial charge in [-0.3, -0.25) is 0 Å². The first kappa shape index (κ1) is 13.1. The van der Waals surface area contributed by atoms with Gasteiger partial charge >= 0.3 is 0 Å². The molecule has 2 N–H and O–H groups in total. The average Bonchev–Trinajstić information content (AvgIpc) is 3.06. The predicted octanol–water partition coefficient (Wildman–Crippen LogP) is 3.81. The van der Waals surface area contributed by atoms with E-state index < -0.39 is 0 Å². The smallest absolute Gasteiger partial charge is 0.260 e. The molecule has 0 atom stereocenters. The van der Waals surface area contributed by atoms with Crippen LogP contribution in [0.1, 0.15) is 5.82 Å². The number of rotatable bonds is 4. The number of nitrogen functional groups attached to an aromatic ring is 1. The number of benzene rings is 1. The van der Waals surface area contributed by atoms with Crippen LogP contribution in [-0.4, -0.2) is 10.1 Å². The summed E-state index contributed by atoms with van der Waals surface area (Å²) in [5.74, 6) is 1.32. The van der Waals surface area contributed by atoms with Crippen LogP contribution in [0.2, 0.25) is 0 Å². The molecule has 1 aromatic carbocycles. The minimum atomic E-state index is -0.246. The first-order valence-corrected chi connectivity index (χ1v) is 7.63. The largest absolute Gasteiger partial charge is 0.390 e. The highest BCUT2D eigenvalue weighted by Gasteiger charge is 2.12. The van der Waals surface area contributed by atoms with Crippen molar-refractivity contribution in [2.75, 3.05) is 5.73 Å². The molecule has 0 aliphatic heterocycles. The van der Waals surface area contributed by atoms with E-state index in [4.69, 9.17) is 10.3 Å². The van der Waals surface area contributed by atoms with Crippen molar-refractivity contribution >= 4 is 28.1 Å². The number of nitrogens with two attached hydrogens (primary N) is 1. The molecule has 102 valence electrons. The normalized spacial score (nSPS) is 10.8. The SMILES string of the molecule is Nc1sccc1-c1nc(CSc2ccc(F)cc2)no1. The fourth-order valence-corrected chi connectivity index (χ4v) is 2.97. The van der Waals surface area contributed by atoms with Crippen molar-refractivity contribution in [3.8, 4) is 11.5 Å². The Balaban J connectivity index is 1.69. The van der Waals surface area contributed by atoms with Gasteiger partial charge in [-0.2, -0.15) is 4.98 Å². The van der Waals surface area contributed by atoms with Gasteiger partial charge in [-0.25, -0.2) is 4.39 Å². The Hall–Kier alpha value is -1.86. The van der Waals surface area contributed by atoms with Crippen LogP contribution < -0.4 is 5.73 Å². The molecule has 3 aromatic rings. The number of hydrogen-bond donors (Lipinski definition) is 1. The molecule has 0 saturated carbocycles. The van der Waals surface area contributed by atoms with E-state index in [9.17, 15) is 4.39 Å². The first-order valence-electron chi connectivity index (χ1n) is 5.76. The van der Waals surface area contributed by atoms with Crippen LogP contribution in [0.4, 0.5) is 9.39 Å². The summed E-state index contributed by atoms with van der Waals surface area (Å²) in [7, 11) is 0. The third kappa shape index (κ3) is 2.83. The van der Waals surface area contributed by atoms with Crippen LogP contribution in [0.15, 0.2) is 45.1 Å². The predicted molar refractivity (Wildman–Crippen MR) is 78.0 cm³/mol. The summed E-state index contributed by atoms with van der Waals surface area (Å²) < 4.78 is 18.0. The standard InChI is InChI=1S/C13H10FN3OS2/c14-8-1-3-9(4-2-8)20-7-11-16-13(18-17-11)10-5-6-19-12(10)15/h1-6H,7,15H2. The van der Waals surface area contributed by atoms with Crippen LogP contribution in [0.25, 0.3) is 11.5 Å². The van der Waals surface area contributed by atoms with E-state index in [2.05, 4.69) is 10.1 Å². The number of thioether (sulfide) groups is 1. The van der Waals surface area contributed by atoms with Gasteiger partial charge in [-0.15, -0.1) is 23.1 Å². The number of thiophene rings is 1. The summed E-state index contributed by atoms with van der Waals surface area (Å²) in [6.07, 6.45) is 0. The highest BCUT2D eigenvalue weighted by Crippen LogP contribution is 2.30. The van der Waals surface area contributed by atoms with Crippen LogP contribution >= 0.6 is 23.1 Å². The van der Waals surface area contributed by atoms with Gasteiger partial charge in [-0.05, 0) is 35.7 Å². The second-order valence-electron chi connectivity index (χ2n) is 3.96. The molecule has 2 aromatic heterocycles. The van der Waals surface area contributed by atoms with Gasteiger partial charge in [0.1, 0.15) is 5.82 Å². The molecule has 20 heavy (non-hydrogen) atoms. The van der Waals surface area contributed by atoms with E-state index >= 15 is 0 Å². The third-order valence-electron chi connectivity index (χ3n) is 2.58. The molecule has 0 aliphatic rings. The topological polar surface area (TPSA) is 64.9 Å². The Morgan fingerprint density at radius 2 is 2.05 bits per heavy atom. The summed E-state index contributed by atoms with van der Waals surface area (Å²) in [5, 5.41) is 6.45. The maximum absolute atomic E-state index is 12.8.